The molecule has 0 saturated heterocycles. The molecule has 0 spiro atoms. The number of hydrogen-bond acceptors (Lipinski definition) is 2. The molecule has 0 aliphatic carbocycles. The molecule has 0 unspecified atom stereocenters. The zero-order chi connectivity index (χ0) is 8.27. The Morgan fingerprint density at radius 1 is 1.55 bits per heavy atom. The summed E-state index contributed by atoms with van der Waals surface area (Å²) in [5.41, 5.74) is 0.790. The summed E-state index contributed by atoms with van der Waals surface area (Å²) in [7, 11) is 0. The quantitative estimate of drug-likeness (QED) is 0.720. The van der Waals surface area contributed by atoms with E-state index < -0.39 is 0 Å². The molecule has 0 atom stereocenters. The Labute approximate surface area is 75.4 Å². The van der Waals surface area contributed by atoms with Gasteiger partial charge in [-0.1, -0.05) is 11.6 Å². The summed E-state index contributed by atoms with van der Waals surface area (Å²) in [5, 5.41) is 9.47. The fraction of sp³-hybridized carbons (Fsp3) is 0.250. The second kappa shape index (κ2) is 4.00. The predicted octanol–water partition coefficient (Wildman–Crippen LogP) is 2.55. The molecule has 0 heterocycles. The summed E-state index contributed by atoms with van der Waals surface area (Å²) in [6.07, 6.45) is 1.99. The first-order valence-electron chi connectivity index (χ1n) is 3.21. The van der Waals surface area contributed by atoms with E-state index in [0.29, 0.717) is 5.02 Å². The van der Waals surface area contributed by atoms with Crippen molar-refractivity contribution in [2.75, 3.05) is 6.26 Å². The Balaban J connectivity index is 3.02. The minimum absolute atomic E-state index is 0.00718. The third kappa shape index (κ3) is 2.12. The van der Waals surface area contributed by atoms with E-state index in [4.69, 9.17) is 16.7 Å². The van der Waals surface area contributed by atoms with Crippen molar-refractivity contribution in [2.45, 2.75) is 11.5 Å². The highest BCUT2D eigenvalue weighted by atomic mass is 35.5. The van der Waals surface area contributed by atoms with Crippen LogP contribution in [0.25, 0.3) is 0 Å². The lowest BCUT2D eigenvalue weighted by molar-refractivity contribution is 0.281. The molecular formula is C8H9ClOS. The minimum Gasteiger partial charge on any atom is -0.392 e. The molecule has 1 aromatic rings. The first-order chi connectivity index (χ1) is 5.27. The van der Waals surface area contributed by atoms with Crippen LogP contribution in [0, 0.1) is 0 Å². The number of aliphatic hydroxyl groups excluding tert-OH is 1. The summed E-state index contributed by atoms with van der Waals surface area (Å²) in [5.74, 6) is 0. The van der Waals surface area contributed by atoms with Crippen LogP contribution in [0.5, 0.6) is 0 Å². The third-order valence-corrected chi connectivity index (χ3v) is 2.52. The Morgan fingerprint density at radius 2 is 2.27 bits per heavy atom. The van der Waals surface area contributed by atoms with E-state index in [0.717, 1.165) is 10.5 Å². The molecule has 1 N–H and O–H groups in total. The lowest BCUT2D eigenvalue weighted by atomic mass is 10.2. The van der Waals surface area contributed by atoms with Crippen molar-refractivity contribution in [3.8, 4) is 0 Å². The molecule has 1 rings (SSSR count). The number of thioether (sulfide) groups is 1. The van der Waals surface area contributed by atoms with Crippen LogP contribution in [-0.2, 0) is 6.61 Å². The molecule has 11 heavy (non-hydrogen) atoms. The van der Waals surface area contributed by atoms with Gasteiger partial charge in [0.25, 0.3) is 0 Å². The highest BCUT2D eigenvalue weighted by Gasteiger charge is 1.98. The van der Waals surface area contributed by atoms with Gasteiger partial charge >= 0.3 is 0 Å². The van der Waals surface area contributed by atoms with Crippen LogP contribution in [0.4, 0.5) is 0 Å². The van der Waals surface area contributed by atoms with Crippen molar-refractivity contribution in [1.82, 2.24) is 0 Å². The highest BCUT2D eigenvalue weighted by Crippen LogP contribution is 2.22. The Kier molecular flexibility index (Phi) is 3.24. The van der Waals surface area contributed by atoms with Gasteiger partial charge < -0.3 is 5.11 Å². The maximum atomic E-state index is 8.84. The van der Waals surface area contributed by atoms with E-state index in [1.165, 1.54) is 0 Å². The van der Waals surface area contributed by atoms with E-state index >= 15 is 0 Å². The highest BCUT2D eigenvalue weighted by molar-refractivity contribution is 7.98. The van der Waals surface area contributed by atoms with Gasteiger partial charge in [-0.25, -0.2) is 0 Å². The maximum Gasteiger partial charge on any atom is 0.0696 e. The van der Waals surface area contributed by atoms with E-state index in [-0.39, 0.29) is 6.61 Å². The molecule has 0 saturated carbocycles. The zero-order valence-corrected chi connectivity index (χ0v) is 7.75. The van der Waals surface area contributed by atoms with Crippen LogP contribution >= 0.6 is 23.4 Å². The molecule has 0 bridgehead atoms. The SMILES string of the molecule is CSc1ccc(Cl)c(CO)c1. The van der Waals surface area contributed by atoms with Gasteiger partial charge in [-0.3, -0.25) is 0 Å². The van der Waals surface area contributed by atoms with Gasteiger partial charge in [0.05, 0.1) is 6.61 Å². The van der Waals surface area contributed by atoms with Crippen LogP contribution in [0.15, 0.2) is 23.1 Å². The second-order valence-electron chi connectivity index (χ2n) is 2.12. The van der Waals surface area contributed by atoms with Crippen LogP contribution in [0.1, 0.15) is 5.56 Å². The molecule has 60 valence electrons. The zero-order valence-electron chi connectivity index (χ0n) is 6.17. The van der Waals surface area contributed by atoms with E-state index in [1.54, 1.807) is 17.8 Å². The number of aliphatic hydroxyl groups is 1. The molecular weight excluding hydrogens is 180 g/mol. The molecule has 0 fully saturated rings. The van der Waals surface area contributed by atoms with Crippen LogP contribution < -0.4 is 0 Å². The monoisotopic (exact) mass is 188 g/mol. The summed E-state index contributed by atoms with van der Waals surface area (Å²) in [6, 6.07) is 5.64. The van der Waals surface area contributed by atoms with Crippen molar-refractivity contribution in [1.29, 1.82) is 0 Å². The summed E-state index contributed by atoms with van der Waals surface area (Å²) < 4.78 is 0. The molecule has 0 aliphatic rings. The molecule has 0 amide bonds. The smallest absolute Gasteiger partial charge is 0.0696 e. The summed E-state index contributed by atoms with van der Waals surface area (Å²) in [6.45, 7) is 0.00718. The largest absolute Gasteiger partial charge is 0.392 e. The summed E-state index contributed by atoms with van der Waals surface area (Å²) in [4.78, 5) is 1.12. The minimum atomic E-state index is 0.00718. The van der Waals surface area contributed by atoms with Gasteiger partial charge in [0.1, 0.15) is 0 Å². The van der Waals surface area contributed by atoms with Crippen molar-refractivity contribution < 1.29 is 5.11 Å². The molecule has 1 aromatic carbocycles. The van der Waals surface area contributed by atoms with Gasteiger partial charge in [-0.2, -0.15) is 0 Å². The third-order valence-electron chi connectivity index (χ3n) is 1.42. The van der Waals surface area contributed by atoms with Crippen LogP contribution in [-0.4, -0.2) is 11.4 Å². The lowest BCUT2D eigenvalue weighted by Crippen LogP contribution is -1.84. The van der Waals surface area contributed by atoms with Crippen molar-refractivity contribution >= 4 is 23.4 Å². The average Bonchev–Trinajstić information content (AvgIpc) is 2.05. The van der Waals surface area contributed by atoms with Crippen LogP contribution in [0.2, 0.25) is 5.02 Å². The fourth-order valence-corrected chi connectivity index (χ4v) is 1.44. The molecule has 1 nitrogen and oxygen atoms in total. The Bertz CT molecular complexity index is 250. The molecule has 0 radical (unpaired) electrons. The standard InChI is InChI=1S/C8H9ClOS/c1-11-7-2-3-8(9)6(4-7)5-10/h2-4,10H,5H2,1H3. The van der Waals surface area contributed by atoms with Gasteiger partial charge in [0.2, 0.25) is 0 Å². The second-order valence-corrected chi connectivity index (χ2v) is 3.40. The first-order valence-corrected chi connectivity index (χ1v) is 4.81. The van der Waals surface area contributed by atoms with Gasteiger partial charge in [0.15, 0.2) is 0 Å². The maximum absolute atomic E-state index is 8.84. The van der Waals surface area contributed by atoms with Crippen molar-refractivity contribution in [2.24, 2.45) is 0 Å². The topological polar surface area (TPSA) is 20.2 Å². The van der Waals surface area contributed by atoms with E-state index in [9.17, 15) is 0 Å². The molecule has 0 aliphatic heterocycles. The number of benzene rings is 1. The van der Waals surface area contributed by atoms with Crippen LogP contribution in [0.3, 0.4) is 0 Å². The summed E-state index contributed by atoms with van der Waals surface area (Å²) >= 11 is 7.42. The van der Waals surface area contributed by atoms with Crippen molar-refractivity contribution in [3.63, 3.8) is 0 Å². The van der Waals surface area contributed by atoms with Gasteiger partial charge in [-0.05, 0) is 30.0 Å². The fourth-order valence-electron chi connectivity index (χ4n) is 0.799. The Morgan fingerprint density at radius 3 is 2.82 bits per heavy atom. The lowest BCUT2D eigenvalue weighted by Gasteiger charge is -2.01. The van der Waals surface area contributed by atoms with Gasteiger partial charge in [0, 0.05) is 9.92 Å². The van der Waals surface area contributed by atoms with E-state index in [2.05, 4.69) is 0 Å². The molecule has 3 heteroatoms. The van der Waals surface area contributed by atoms with E-state index in [1.807, 2.05) is 18.4 Å². The number of halogens is 1. The first kappa shape index (κ1) is 8.91. The average molecular weight is 189 g/mol. The number of hydrogen-bond donors (Lipinski definition) is 1. The Hall–Kier alpha value is -0.180. The normalized spacial score (nSPS) is 10.1. The predicted molar refractivity (Wildman–Crippen MR) is 49.2 cm³/mol. The number of rotatable bonds is 2. The molecule has 0 aromatic heterocycles. The van der Waals surface area contributed by atoms with Crippen molar-refractivity contribution in [3.05, 3.63) is 28.8 Å². The van der Waals surface area contributed by atoms with Gasteiger partial charge in [-0.15, -0.1) is 11.8 Å².